The molecule has 0 bridgehead atoms. The zero-order valence-electron chi connectivity index (χ0n) is 13.1. The second-order valence-electron chi connectivity index (χ2n) is 5.05. The minimum absolute atomic E-state index is 0.00117. The molecule has 3 aromatic heterocycles. The fourth-order valence-corrected chi connectivity index (χ4v) is 4.64. The average Bonchev–Trinajstić information content (AvgIpc) is 3.37. The van der Waals surface area contributed by atoms with Crippen molar-refractivity contribution in [2.75, 3.05) is 5.32 Å². The number of thiophene rings is 1. The highest BCUT2D eigenvalue weighted by Gasteiger charge is 2.18. The van der Waals surface area contributed by atoms with Gasteiger partial charge in [-0.25, -0.2) is 0 Å². The maximum absolute atomic E-state index is 5.77. The summed E-state index contributed by atoms with van der Waals surface area (Å²) < 4.78 is 6.62. The van der Waals surface area contributed by atoms with Crippen molar-refractivity contribution in [2.24, 2.45) is 0 Å². The van der Waals surface area contributed by atoms with Gasteiger partial charge in [0.15, 0.2) is 4.34 Å². The molecule has 0 saturated heterocycles. The number of nitrogens with zero attached hydrogens (tertiary/aromatic N) is 4. The van der Waals surface area contributed by atoms with Gasteiger partial charge in [-0.05, 0) is 30.5 Å². The van der Waals surface area contributed by atoms with E-state index in [4.69, 9.17) is 4.42 Å². The van der Waals surface area contributed by atoms with Crippen molar-refractivity contribution in [2.45, 2.75) is 16.5 Å². The van der Waals surface area contributed by atoms with Gasteiger partial charge in [0.1, 0.15) is 0 Å². The number of thioether (sulfide) groups is 1. The molecule has 1 aromatic carbocycles. The lowest BCUT2D eigenvalue weighted by molar-refractivity contribution is 0.510. The number of hydrogen-bond donors (Lipinski definition) is 1. The van der Waals surface area contributed by atoms with E-state index in [9.17, 15) is 0 Å². The van der Waals surface area contributed by atoms with Crippen molar-refractivity contribution in [1.29, 1.82) is 0 Å². The molecule has 4 rings (SSSR count). The second kappa shape index (κ2) is 7.34. The first-order valence-electron chi connectivity index (χ1n) is 7.47. The molecular formula is C16H13N5OS3. The average molecular weight is 388 g/mol. The minimum Gasteiger partial charge on any atom is -0.419 e. The van der Waals surface area contributed by atoms with Crippen LogP contribution in [-0.4, -0.2) is 20.4 Å². The summed E-state index contributed by atoms with van der Waals surface area (Å²) in [5.74, 6) is 1.14. The minimum atomic E-state index is -0.00117. The normalized spacial score (nSPS) is 12.2. The Morgan fingerprint density at radius 2 is 1.92 bits per heavy atom. The number of anilines is 2. The van der Waals surface area contributed by atoms with E-state index in [0.717, 1.165) is 20.0 Å². The highest BCUT2D eigenvalue weighted by Crippen LogP contribution is 2.38. The number of benzene rings is 1. The molecule has 0 amide bonds. The number of para-hydroxylation sites is 1. The van der Waals surface area contributed by atoms with Crippen LogP contribution < -0.4 is 5.32 Å². The Morgan fingerprint density at radius 3 is 2.72 bits per heavy atom. The highest BCUT2D eigenvalue weighted by molar-refractivity contribution is 8.01. The molecule has 0 aliphatic rings. The fraction of sp³-hybridized carbons (Fsp3) is 0.125. The summed E-state index contributed by atoms with van der Waals surface area (Å²) in [6, 6.07) is 13.8. The lowest BCUT2D eigenvalue weighted by Gasteiger charge is -2.02. The maximum Gasteiger partial charge on any atom is 0.257 e. The van der Waals surface area contributed by atoms with Gasteiger partial charge in [0.25, 0.3) is 5.89 Å². The van der Waals surface area contributed by atoms with Gasteiger partial charge in [0, 0.05) is 5.69 Å². The molecule has 0 fully saturated rings. The monoisotopic (exact) mass is 387 g/mol. The van der Waals surface area contributed by atoms with Crippen molar-refractivity contribution in [3.05, 3.63) is 53.7 Å². The summed E-state index contributed by atoms with van der Waals surface area (Å²) in [5.41, 5.74) is 0.987. The van der Waals surface area contributed by atoms with E-state index < -0.39 is 0 Å². The van der Waals surface area contributed by atoms with Crippen LogP contribution in [0.2, 0.25) is 0 Å². The largest absolute Gasteiger partial charge is 0.419 e. The highest BCUT2D eigenvalue weighted by atomic mass is 32.2. The van der Waals surface area contributed by atoms with Crippen molar-refractivity contribution in [3.63, 3.8) is 0 Å². The van der Waals surface area contributed by atoms with E-state index in [-0.39, 0.29) is 5.25 Å². The molecule has 0 unspecified atom stereocenters. The predicted molar refractivity (Wildman–Crippen MR) is 102 cm³/mol. The van der Waals surface area contributed by atoms with Crippen LogP contribution in [-0.2, 0) is 0 Å². The van der Waals surface area contributed by atoms with Gasteiger partial charge in [-0.2, -0.15) is 0 Å². The lowest BCUT2D eigenvalue weighted by atomic mass is 10.3. The Balaban J connectivity index is 1.42. The molecule has 3 heterocycles. The Morgan fingerprint density at radius 1 is 1.04 bits per heavy atom. The van der Waals surface area contributed by atoms with Crippen molar-refractivity contribution < 1.29 is 4.42 Å². The van der Waals surface area contributed by atoms with Crippen LogP contribution in [0.4, 0.5) is 10.8 Å². The first kappa shape index (κ1) is 16.2. The third kappa shape index (κ3) is 3.89. The Bertz CT molecular complexity index is 936. The van der Waals surface area contributed by atoms with Crippen LogP contribution >= 0.6 is 34.4 Å². The van der Waals surface area contributed by atoms with Crippen LogP contribution in [0.5, 0.6) is 0 Å². The van der Waals surface area contributed by atoms with Gasteiger partial charge in [0.2, 0.25) is 11.0 Å². The lowest BCUT2D eigenvalue weighted by Crippen LogP contribution is -1.88. The third-order valence-corrected chi connectivity index (χ3v) is 6.10. The fourth-order valence-electron chi connectivity index (χ4n) is 2.05. The molecule has 4 aromatic rings. The smallest absolute Gasteiger partial charge is 0.257 e. The second-order valence-corrected chi connectivity index (χ2v) is 8.56. The van der Waals surface area contributed by atoms with E-state index >= 15 is 0 Å². The van der Waals surface area contributed by atoms with Crippen molar-refractivity contribution >= 4 is 45.3 Å². The summed E-state index contributed by atoms with van der Waals surface area (Å²) >= 11 is 4.63. The van der Waals surface area contributed by atoms with Gasteiger partial charge in [-0.1, -0.05) is 47.4 Å². The zero-order chi connectivity index (χ0) is 17.1. The summed E-state index contributed by atoms with van der Waals surface area (Å²) in [5, 5.41) is 22.6. The molecule has 0 spiro atoms. The molecule has 9 heteroatoms. The van der Waals surface area contributed by atoms with Gasteiger partial charge in [0.05, 0.1) is 10.1 Å². The molecule has 0 aliphatic heterocycles. The van der Waals surface area contributed by atoms with Gasteiger partial charge < -0.3 is 9.73 Å². The topological polar surface area (TPSA) is 76.7 Å². The van der Waals surface area contributed by atoms with Crippen LogP contribution in [0.1, 0.15) is 18.1 Å². The molecule has 0 aliphatic carbocycles. The number of nitrogens with one attached hydrogen (secondary N) is 1. The number of rotatable bonds is 6. The Kier molecular flexibility index (Phi) is 4.77. The quantitative estimate of drug-likeness (QED) is 0.453. The summed E-state index contributed by atoms with van der Waals surface area (Å²) in [4.78, 5) is 0.973. The predicted octanol–water partition coefficient (Wildman–Crippen LogP) is 5.25. The van der Waals surface area contributed by atoms with Crippen molar-refractivity contribution in [3.8, 4) is 10.8 Å². The Labute approximate surface area is 156 Å². The van der Waals surface area contributed by atoms with Crippen molar-refractivity contribution in [1.82, 2.24) is 20.4 Å². The van der Waals surface area contributed by atoms with Crippen LogP contribution in [0, 0.1) is 0 Å². The summed E-state index contributed by atoms with van der Waals surface area (Å²) in [7, 11) is 0. The van der Waals surface area contributed by atoms with E-state index in [0.29, 0.717) is 11.8 Å². The van der Waals surface area contributed by atoms with Crippen LogP contribution in [0.25, 0.3) is 10.8 Å². The molecule has 126 valence electrons. The summed E-state index contributed by atoms with van der Waals surface area (Å²) in [6.45, 7) is 2.02. The standard InChI is InChI=1S/C16H13N5OS3/c1-10(13-18-19-14(22-13)12-8-5-9-23-12)24-16-21-20-15(25-16)17-11-6-3-2-4-7-11/h2-10H,1H3,(H,17,20)/t10-/m0/s1. The maximum atomic E-state index is 5.77. The SMILES string of the molecule is C[C@H](Sc1nnc(Nc2ccccc2)s1)c1nnc(-c2cccs2)o1. The molecule has 0 saturated carbocycles. The molecule has 0 radical (unpaired) electrons. The molecule has 1 atom stereocenters. The molecular weight excluding hydrogens is 374 g/mol. The van der Waals surface area contributed by atoms with Crippen LogP contribution in [0.3, 0.4) is 0 Å². The number of hydrogen-bond acceptors (Lipinski definition) is 9. The molecule has 6 nitrogen and oxygen atoms in total. The number of aromatic nitrogens is 4. The van der Waals surface area contributed by atoms with Crippen LogP contribution in [0.15, 0.2) is 56.6 Å². The van der Waals surface area contributed by atoms with E-state index in [1.54, 1.807) is 23.1 Å². The zero-order valence-corrected chi connectivity index (χ0v) is 15.6. The van der Waals surface area contributed by atoms with Gasteiger partial charge >= 0.3 is 0 Å². The van der Waals surface area contributed by atoms with Gasteiger partial charge in [-0.15, -0.1) is 31.7 Å². The van der Waals surface area contributed by atoms with E-state index in [1.807, 2.05) is 54.8 Å². The first-order chi connectivity index (χ1) is 12.3. The third-order valence-electron chi connectivity index (χ3n) is 3.23. The van der Waals surface area contributed by atoms with E-state index in [1.165, 1.54) is 11.3 Å². The summed E-state index contributed by atoms with van der Waals surface area (Å²) in [6.07, 6.45) is 0. The van der Waals surface area contributed by atoms with E-state index in [2.05, 4.69) is 25.7 Å². The molecule has 25 heavy (non-hydrogen) atoms. The first-order valence-corrected chi connectivity index (χ1v) is 10.0. The Hall–Kier alpha value is -2.23. The van der Waals surface area contributed by atoms with Gasteiger partial charge in [-0.3, -0.25) is 0 Å². The molecule has 1 N–H and O–H groups in total.